The Morgan fingerprint density at radius 3 is 1.41 bits per heavy atom. The van der Waals surface area contributed by atoms with Crippen LogP contribution in [0.2, 0.25) is 0 Å². The Kier molecular flexibility index (Phi) is 23.6. The van der Waals surface area contributed by atoms with Crippen molar-refractivity contribution in [2.24, 2.45) is 0 Å². The number of carbonyl (C=O) groups is 3. The van der Waals surface area contributed by atoms with E-state index in [9.17, 15) is 116 Å². The van der Waals surface area contributed by atoms with Crippen molar-refractivity contribution in [3.63, 3.8) is 0 Å². The summed E-state index contributed by atoms with van der Waals surface area (Å²) in [4.78, 5) is 36.4. The maximum atomic E-state index is 12.7. The van der Waals surface area contributed by atoms with Gasteiger partial charge in [0.15, 0.2) is 49.6 Å². The number of anilines is 2. The van der Waals surface area contributed by atoms with E-state index in [-0.39, 0.29) is 0 Å². The van der Waals surface area contributed by atoms with Crippen LogP contribution in [0.4, 0.5) is 11.4 Å². The Hall–Kier alpha value is -4.52. The summed E-state index contributed by atoms with van der Waals surface area (Å²) in [6.07, 6.45) is -49.1. The van der Waals surface area contributed by atoms with Gasteiger partial charge in [-0.2, -0.15) is 46.8 Å². The van der Waals surface area contributed by atoms with Gasteiger partial charge in [-0.1, -0.05) is 36.4 Å². The topological polar surface area (TPSA) is 623 Å². The average Bonchev–Trinajstić information content (AvgIpc) is 3.33. The van der Waals surface area contributed by atoms with Gasteiger partial charge in [0.2, 0.25) is 5.91 Å². The number of para-hydroxylation sites is 2. The molecule has 0 saturated carbocycles. The third-order valence-corrected chi connectivity index (χ3v) is 13.9. The van der Waals surface area contributed by atoms with Gasteiger partial charge in [0.25, 0.3) is 0 Å². The molecular weight excluding hydrogens is 1250 g/mol. The van der Waals surface area contributed by atoms with Gasteiger partial charge in [-0.15, -0.1) is 0 Å². The molecule has 0 aromatic heterocycles. The molecule has 2 aromatic carbocycles. The van der Waals surface area contributed by atoms with E-state index < -0.39 is 206 Å². The van der Waals surface area contributed by atoms with Crippen LogP contribution < -0.4 is 15.4 Å². The number of nitrogens with one attached hydrogen (secondary N) is 3. The predicted molar refractivity (Wildman–Crippen MR) is 257 cm³/mol. The van der Waals surface area contributed by atoms with Crippen molar-refractivity contribution in [3.05, 3.63) is 60.7 Å². The van der Waals surface area contributed by atoms with Crippen molar-refractivity contribution in [3.8, 4) is 0 Å². The minimum absolute atomic E-state index is 0.840. The third-order valence-electron chi connectivity index (χ3n) is 11.5. The van der Waals surface area contributed by atoms with Crippen molar-refractivity contribution in [2.45, 2.75) is 130 Å². The van der Waals surface area contributed by atoms with E-state index in [0.29, 0.717) is 0 Å². The summed E-state index contributed by atoms with van der Waals surface area (Å²) >= 11 is 0. The Morgan fingerprint density at radius 2 is 0.964 bits per heavy atom. The van der Waals surface area contributed by atoms with Crippen molar-refractivity contribution in [2.75, 3.05) is 18.5 Å². The van der Waals surface area contributed by atoms with E-state index in [1.165, 1.54) is 4.72 Å². The number of carbonyl (C=O) groups excluding carboxylic acids is 1. The standard InChI is InChI=1S/C26H42N2O37S5.C12H11N/c1-4(30)27-7-9(31)13(6(56-23(7)39)3-55-67(43,44)45)58-26-19(65-70(52,53)54)12(34)16(20(62-26)22(37)38)60-24-8(28-66(40,41)42)15(63-68(46,47)48)14(5(2-29)57-24)59-25-18(64-69(49,50)51)11(33)10(32)17(61-25)21(35)36;1-3-7-11(8-4-1)13-12-9-5-2-6-10-12/h5-20,23-26,28-29,31-34,39H,2-3H2,1H3,(H,27,30)(H,35,36)(H,37,38)(H,40,41,42)(H,43,44,45)(H,46,47,48)(H,49,50,51)(H,52,53,54);1-10,13H/t5-,6+,7-,8-,9-,10-,11-,12+,13-,14-,15-,16+,17-,18+,19-,20+,23-,24+,25+,26-;/m1./s1. The lowest BCUT2D eigenvalue weighted by Crippen LogP contribution is -2.71. The summed E-state index contributed by atoms with van der Waals surface area (Å²) in [5, 5.41) is 89.3. The first-order chi connectivity index (χ1) is 38.3. The summed E-state index contributed by atoms with van der Waals surface area (Å²) in [5.41, 5.74) is 2.24. The summed E-state index contributed by atoms with van der Waals surface area (Å²) in [5.74, 6) is -5.49. The molecule has 0 bridgehead atoms. The molecule has 0 unspecified atom stereocenters. The fraction of sp³-hybridized carbons (Fsp3) is 0.605. The normalized spacial score (nSPS) is 34.6. The number of aliphatic carboxylic acids is 2. The van der Waals surface area contributed by atoms with E-state index in [0.717, 1.165) is 18.3 Å². The first kappa shape index (κ1) is 69.3. The molecule has 4 heterocycles. The van der Waals surface area contributed by atoms with Crippen LogP contribution in [0, 0.1) is 0 Å². The summed E-state index contributed by atoms with van der Waals surface area (Å²) in [6, 6.07) is 15.3. The molecule has 0 spiro atoms. The zero-order valence-electron chi connectivity index (χ0n) is 41.4. The average molecular weight is 1300 g/mol. The molecule has 472 valence electrons. The second-order valence-corrected chi connectivity index (χ2v) is 22.9. The highest BCUT2D eigenvalue weighted by atomic mass is 32.3. The van der Waals surface area contributed by atoms with Gasteiger partial charge in [-0.3, -0.25) is 27.6 Å². The maximum absolute atomic E-state index is 12.7. The highest BCUT2D eigenvalue weighted by molar-refractivity contribution is 7.83. The van der Waals surface area contributed by atoms with Crippen LogP contribution in [0.3, 0.4) is 0 Å². The number of aliphatic hydroxyl groups excluding tert-OH is 6. The molecule has 2 aromatic rings. The van der Waals surface area contributed by atoms with Gasteiger partial charge >= 0.3 is 63.8 Å². The quantitative estimate of drug-likeness (QED) is 0.0460. The number of aliphatic hydroxyl groups is 6. The molecule has 1 amide bonds. The van der Waals surface area contributed by atoms with Crippen LogP contribution in [0.15, 0.2) is 60.7 Å². The zero-order valence-corrected chi connectivity index (χ0v) is 45.5. The summed E-state index contributed by atoms with van der Waals surface area (Å²) in [7, 11) is -29.1. The van der Waals surface area contributed by atoms with E-state index >= 15 is 0 Å². The molecule has 83 heavy (non-hydrogen) atoms. The summed E-state index contributed by atoms with van der Waals surface area (Å²) in [6.45, 7) is -2.24. The van der Waals surface area contributed by atoms with E-state index in [2.05, 4.69) is 22.0 Å². The van der Waals surface area contributed by atoms with Crippen LogP contribution in [0.1, 0.15) is 6.92 Å². The molecule has 6 rings (SSSR count). The first-order valence-corrected chi connectivity index (χ1v) is 29.7. The molecule has 16 N–H and O–H groups in total. The number of carboxylic acid groups (broad SMARTS) is 2. The number of hydrogen-bond acceptors (Lipinski definition) is 31. The minimum atomic E-state index is -6.09. The molecule has 4 aliphatic heterocycles. The van der Waals surface area contributed by atoms with E-state index in [1.54, 1.807) is 0 Å². The third kappa shape index (κ3) is 20.3. The molecule has 4 saturated heterocycles. The first-order valence-electron chi connectivity index (χ1n) is 22.8. The number of amides is 1. The van der Waals surface area contributed by atoms with Gasteiger partial charge in [0.1, 0.15) is 73.1 Å². The lowest BCUT2D eigenvalue weighted by molar-refractivity contribution is -0.366. The number of ether oxygens (including phenoxy) is 7. The van der Waals surface area contributed by atoms with Gasteiger partial charge in [0.05, 0.1) is 13.2 Å². The fourth-order valence-electron chi connectivity index (χ4n) is 8.26. The smallest absolute Gasteiger partial charge is 0.397 e. The largest absolute Gasteiger partial charge is 0.479 e. The van der Waals surface area contributed by atoms with Crippen LogP contribution in [-0.4, -0.2) is 259 Å². The van der Waals surface area contributed by atoms with Crippen LogP contribution >= 0.6 is 0 Å². The summed E-state index contributed by atoms with van der Waals surface area (Å²) < 4.78 is 222. The Bertz CT molecular complexity index is 3060. The Balaban J connectivity index is 0.000000843. The van der Waals surface area contributed by atoms with E-state index in [1.807, 2.05) is 66.0 Å². The molecule has 20 atom stereocenters. The van der Waals surface area contributed by atoms with Gasteiger partial charge < -0.3 is 84.6 Å². The predicted octanol–water partition coefficient (Wildman–Crippen LogP) is -7.28. The van der Waals surface area contributed by atoms with E-state index in [4.69, 9.17) is 37.7 Å². The Morgan fingerprint density at radius 1 is 0.506 bits per heavy atom. The van der Waals surface area contributed by atoms with Crippen molar-refractivity contribution < 1.29 is 170 Å². The lowest BCUT2D eigenvalue weighted by Gasteiger charge is -2.50. The Labute approximate surface area is 468 Å². The number of benzene rings is 2. The highest BCUT2D eigenvalue weighted by Gasteiger charge is 2.60. The molecular formula is C38H53N3O37S5. The molecule has 0 radical (unpaired) electrons. The minimum Gasteiger partial charge on any atom is -0.479 e. The molecule has 0 aliphatic carbocycles. The van der Waals surface area contributed by atoms with Crippen molar-refractivity contribution in [1.82, 2.24) is 10.0 Å². The van der Waals surface area contributed by atoms with Crippen molar-refractivity contribution >= 4 is 81.1 Å². The monoisotopic (exact) mass is 1300 g/mol. The SMILES string of the molecule is CC(=O)N[C@@H]1[C@@H](O)[C@H](O[C@@H]2O[C@H](C(=O)O)[C@@H](O[C@@H]3O[C@H](CO)[C@@H](O[C@H]4O[C@@H](C(=O)O)[C@H](O)[C@@H](O)[C@@H]4OS(=O)(=O)O)[C@H](OS(=O)(=O)O)[C@H]3NS(=O)(=O)O)[C@H](O)[C@H]2OS(=O)(=O)O)[C@H](COS(=O)(=O)O)O[C@H]1O.c1ccc(Nc2ccccc2)cc1. The molecule has 4 fully saturated rings. The van der Waals surface area contributed by atoms with Gasteiger partial charge in [0, 0.05) is 18.3 Å². The van der Waals surface area contributed by atoms with Gasteiger partial charge in [-0.25, -0.2) is 26.3 Å². The van der Waals surface area contributed by atoms with Crippen LogP contribution in [0.25, 0.3) is 0 Å². The molecule has 40 nitrogen and oxygen atoms in total. The number of hydrogen-bond donors (Lipinski definition) is 16. The zero-order chi connectivity index (χ0) is 62.3. The molecule has 4 aliphatic rings. The second-order valence-electron chi connectivity index (χ2n) is 17.5. The van der Waals surface area contributed by atoms with Gasteiger partial charge in [-0.05, 0) is 24.3 Å². The fourth-order valence-corrected chi connectivity index (χ4v) is 10.6. The number of carboxylic acids is 2. The van der Waals surface area contributed by atoms with Crippen LogP contribution in [-0.2, 0) is 116 Å². The van der Waals surface area contributed by atoms with Crippen molar-refractivity contribution in [1.29, 1.82) is 0 Å². The number of rotatable bonds is 23. The van der Waals surface area contributed by atoms with Crippen LogP contribution in [0.5, 0.6) is 0 Å². The highest BCUT2D eigenvalue weighted by Crippen LogP contribution is 2.37. The second kappa shape index (κ2) is 28.3. The maximum Gasteiger partial charge on any atom is 0.397 e. The lowest BCUT2D eigenvalue weighted by atomic mass is 9.94. The molecule has 45 heteroatoms.